The fraction of sp³-hybridized carbons (Fsp3) is 0.733. The highest BCUT2D eigenvalue weighted by Crippen LogP contribution is 2.20. The van der Waals surface area contributed by atoms with E-state index in [2.05, 4.69) is 34.0 Å². The van der Waals surface area contributed by atoms with Crippen LogP contribution in [0, 0.1) is 12.8 Å². The van der Waals surface area contributed by atoms with E-state index in [-0.39, 0.29) is 0 Å². The van der Waals surface area contributed by atoms with Crippen molar-refractivity contribution in [1.29, 1.82) is 0 Å². The van der Waals surface area contributed by atoms with Crippen LogP contribution in [-0.2, 0) is 11.2 Å². The number of likely N-dealkylation sites (tertiary alicyclic amines) is 1. The molecule has 1 atom stereocenters. The number of nitrogens with zero attached hydrogens (tertiary/aromatic N) is 3. The molecule has 0 aliphatic carbocycles. The monoisotopic (exact) mass is 293 g/mol. The second-order valence-electron chi connectivity index (χ2n) is 5.68. The Kier molecular flexibility index (Phi) is 5.76. The molecule has 0 bridgehead atoms. The Morgan fingerprint density at radius 2 is 2.24 bits per heavy atom. The number of nitrogens with two attached hydrogens (primary N) is 1. The number of methoxy groups -OCH3 is 1. The van der Waals surface area contributed by atoms with E-state index in [1.165, 1.54) is 6.42 Å². The van der Waals surface area contributed by atoms with Crippen LogP contribution in [0.2, 0.25) is 0 Å². The fourth-order valence-electron chi connectivity index (χ4n) is 2.84. The van der Waals surface area contributed by atoms with Crippen LogP contribution in [0.1, 0.15) is 24.6 Å². The Bertz CT molecular complexity index is 466. The van der Waals surface area contributed by atoms with E-state index in [0.29, 0.717) is 11.9 Å². The normalized spacial score (nSPS) is 19.1. The van der Waals surface area contributed by atoms with Crippen molar-refractivity contribution in [2.75, 3.05) is 50.9 Å². The summed E-state index contributed by atoms with van der Waals surface area (Å²) in [5.74, 6) is 1.89. The van der Waals surface area contributed by atoms with Crippen LogP contribution < -0.4 is 11.1 Å². The van der Waals surface area contributed by atoms with Crippen molar-refractivity contribution < 1.29 is 4.74 Å². The molecule has 1 saturated heterocycles. The molecule has 1 aliphatic heterocycles. The summed E-state index contributed by atoms with van der Waals surface area (Å²) in [6.45, 7) is 9.18. The Balaban J connectivity index is 1.88. The summed E-state index contributed by atoms with van der Waals surface area (Å²) >= 11 is 0. The van der Waals surface area contributed by atoms with E-state index < -0.39 is 0 Å². The van der Waals surface area contributed by atoms with E-state index in [1.807, 2.05) is 0 Å². The zero-order chi connectivity index (χ0) is 15.2. The molecule has 0 amide bonds. The summed E-state index contributed by atoms with van der Waals surface area (Å²) in [5.41, 5.74) is 7.92. The van der Waals surface area contributed by atoms with Crippen LogP contribution in [0.4, 0.5) is 11.8 Å². The minimum Gasteiger partial charge on any atom is -0.383 e. The molecular weight excluding hydrogens is 266 g/mol. The minimum atomic E-state index is 0.355. The summed E-state index contributed by atoms with van der Waals surface area (Å²) in [6.07, 6.45) is 2.10. The molecule has 2 rings (SSSR count). The summed E-state index contributed by atoms with van der Waals surface area (Å²) in [7, 11) is 1.75. The molecular formula is C15H27N5O. The number of anilines is 2. The van der Waals surface area contributed by atoms with Gasteiger partial charge in [0.25, 0.3) is 0 Å². The lowest BCUT2D eigenvalue weighted by Gasteiger charge is -2.17. The summed E-state index contributed by atoms with van der Waals surface area (Å²) in [6, 6.07) is 0. The van der Waals surface area contributed by atoms with Crippen LogP contribution in [0.25, 0.3) is 0 Å². The van der Waals surface area contributed by atoms with E-state index in [9.17, 15) is 0 Å². The number of aryl methyl sites for hydroxylation is 1. The predicted molar refractivity (Wildman–Crippen MR) is 85.5 cm³/mol. The highest BCUT2D eigenvalue weighted by atomic mass is 16.5. The third-order valence-corrected chi connectivity index (χ3v) is 4.14. The molecule has 6 nitrogen and oxygen atoms in total. The predicted octanol–water partition coefficient (Wildman–Crippen LogP) is 1.31. The standard InChI is InChI=1S/C15H27N5O/c1-4-13-11(2)14(19-15(16)18-13)17-9-12-5-6-20(10-12)7-8-21-3/h12H,4-10H2,1-3H3,(H3,16,17,18,19)/t12-/m0/s1. The van der Waals surface area contributed by atoms with Crippen molar-refractivity contribution >= 4 is 11.8 Å². The van der Waals surface area contributed by atoms with Gasteiger partial charge in [-0.3, -0.25) is 0 Å². The first-order valence-corrected chi connectivity index (χ1v) is 7.72. The van der Waals surface area contributed by atoms with Gasteiger partial charge in [-0.05, 0) is 32.2 Å². The number of rotatable bonds is 7. The largest absolute Gasteiger partial charge is 0.383 e. The van der Waals surface area contributed by atoms with Crippen molar-refractivity contribution in [2.24, 2.45) is 5.92 Å². The molecule has 1 aromatic heterocycles. The zero-order valence-electron chi connectivity index (χ0n) is 13.4. The molecule has 2 heterocycles. The topological polar surface area (TPSA) is 76.3 Å². The Labute approximate surface area is 127 Å². The zero-order valence-corrected chi connectivity index (χ0v) is 13.4. The van der Waals surface area contributed by atoms with E-state index in [0.717, 1.165) is 56.3 Å². The van der Waals surface area contributed by atoms with Crippen LogP contribution >= 0.6 is 0 Å². The van der Waals surface area contributed by atoms with Crippen LogP contribution in [0.3, 0.4) is 0 Å². The van der Waals surface area contributed by atoms with Gasteiger partial charge >= 0.3 is 0 Å². The maximum absolute atomic E-state index is 5.78. The Morgan fingerprint density at radius 1 is 1.43 bits per heavy atom. The molecule has 0 radical (unpaired) electrons. The third-order valence-electron chi connectivity index (χ3n) is 4.14. The van der Waals surface area contributed by atoms with Gasteiger partial charge in [0.15, 0.2) is 0 Å². The highest BCUT2D eigenvalue weighted by molar-refractivity contribution is 5.48. The summed E-state index contributed by atoms with van der Waals surface area (Å²) in [5, 5.41) is 3.46. The summed E-state index contributed by atoms with van der Waals surface area (Å²) in [4.78, 5) is 11.1. The van der Waals surface area contributed by atoms with Gasteiger partial charge in [0.1, 0.15) is 5.82 Å². The molecule has 6 heteroatoms. The number of nitrogens with one attached hydrogen (secondary N) is 1. The lowest BCUT2D eigenvalue weighted by atomic mass is 10.1. The minimum absolute atomic E-state index is 0.355. The molecule has 21 heavy (non-hydrogen) atoms. The first kappa shape index (κ1) is 16.0. The van der Waals surface area contributed by atoms with Crippen molar-refractivity contribution in [3.63, 3.8) is 0 Å². The van der Waals surface area contributed by atoms with Gasteiger partial charge in [0.2, 0.25) is 5.95 Å². The molecule has 3 N–H and O–H groups in total. The quantitative estimate of drug-likeness (QED) is 0.789. The Hall–Kier alpha value is -1.40. The SMILES string of the molecule is CCc1nc(N)nc(NC[C@@H]2CCN(CCOC)C2)c1C. The van der Waals surface area contributed by atoms with Crippen molar-refractivity contribution in [1.82, 2.24) is 14.9 Å². The van der Waals surface area contributed by atoms with Crippen molar-refractivity contribution in [2.45, 2.75) is 26.7 Å². The molecule has 0 spiro atoms. The number of hydrogen-bond donors (Lipinski definition) is 2. The smallest absolute Gasteiger partial charge is 0.222 e. The molecule has 118 valence electrons. The molecule has 0 saturated carbocycles. The van der Waals surface area contributed by atoms with Gasteiger partial charge in [-0.1, -0.05) is 6.92 Å². The second-order valence-corrected chi connectivity index (χ2v) is 5.68. The number of nitrogen functional groups attached to an aromatic ring is 1. The maximum Gasteiger partial charge on any atom is 0.222 e. The lowest BCUT2D eigenvalue weighted by molar-refractivity contribution is 0.159. The van der Waals surface area contributed by atoms with Crippen molar-refractivity contribution in [3.8, 4) is 0 Å². The second kappa shape index (κ2) is 7.56. The van der Waals surface area contributed by atoms with Crippen LogP contribution in [0.5, 0.6) is 0 Å². The van der Waals surface area contributed by atoms with Crippen molar-refractivity contribution in [3.05, 3.63) is 11.3 Å². The Morgan fingerprint density at radius 3 is 2.95 bits per heavy atom. The van der Waals surface area contributed by atoms with Crippen LogP contribution in [0.15, 0.2) is 0 Å². The average Bonchev–Trinajstić information content (AvgIpc) is 2.93. The molecule has 1 aliphatic rings. The van der Waals surface area contributed by atoms with E-state index in [4.69, 9.17) is 10.5 Å². The molecule has 1 aromatic rings. The first-order valence-electron chi connectivity index (χ1n) is 7.72. The van der Waals surface area contributed by atoms with Gasteiger partial charge in [-0.2, -0.15) is 4.98 Å². The average molecular weight is 293 g/mol. The molecule has 1 fully saturated rings. The van der Waals surface area contributed by atoms with E-state index >= 15 is 0 Å². The number of hydrogen-bond acceptors (Lipinski definition) is 6. The molecule has 0 aromatic carbocycles. The van der Waals surface area contributed by atoms with E-state index in [1.54, 1.807) is 7.11 Å². The highest BCUT2D eigenvalue weighted by Gasteiger charge is 2.22. The number of ether oxygens (including phenoxy) is 1. The fourth-order valence-corrected chi connectivity index (χ4v) is 2.84. The van der Waals surface area contributed by atoms with Gasteiger partial charge in [0, 0.05) is 32.3 Å². The van der Waals surface area contributed by atoms with Gasteiger partial charge < -0.3 is 20.7 Å². The number of aromatic nitrogens is 2. The third kappa shape index (κ3) is 4.28. The summed E-state index contributed by atoms with van der Waals surface area (Å²) < 4.78 is 5.13. The first-order chi connectivity index (χ1) is 10.1. The molecule has 0 unspecified atom stereocenters. The van der Waals surface area contributed by atoms with Crippen LogP contribution in [-0.4, -0.2) is 54.8 Å². The maximum atomic E-state index is 5.78. The van der Waals surface area contributed by atoms with Gasteiger partial charge in [0.05, 0.1) is 12.3 Å². The van der Waals surface area contributed by atoms with Gasteiger partial charge in [-0.25, -0.2) is 4.98 Å². The van der Waals surface area contributed by atoms with Gasteiger partial charge in [-0.15, -0.1) is 0 Å². The lowest BCUT2D eigenvalue weighted by Crippen LogP contribution is -2.26.